The maximum atomic E-state index is 11.8. The summed E-state index contributed by atoms with van der Waals surface area (Å²) in [5.41, 5.74) is 0.960. The Morgan fingerprint density at radius 1 is 1.39 bits per heavy atom. The molecular formula is C10H7Cl2N3O2S. The van der Waals surface area contributed by atoms with Gasteiger partial charge in [0.15, 0.2) is 0 Å². The van der Waals surface area contributed by atoms with Crippen LogP contribution >= 0.6 is 34.5 Å². The third-order valence-corrected chi connectivity index (χ3v) is 3.14. The van der Waals surface area contributed by atoms with Gasteiger partial charge in [0.1, 0.15) is 10.3 Å². The van der Waals surface area contributed by atoms with Crippen LogP contribution in [0.1, 0.15) is 16.1 Å². The highest BCUT2D eigenvalue weighted by Crippen LogP contribution is 2.14. The third-order valence-electron chi connectivity index (χ3n) is 2.04. The van der Waals surface area contributed by atoms with Crippen LogP contribution < -0.4 is 10.2 Å². The minimum Gasteiger partial charge on any atom is -0.346 e. The van der Waals surface area contributed by atoms with E-state index in [1.165, 1.54) is 12.1 Å². The summed E-state index contributed by atoms with van der Waals surface area (Å²) in [5, 5.41) is 4.58. The summed E-state index contributed by atoms with van der Waals surface area (Å²) in [5.74, 6) is -0.340. The van der Waals surface area contributed by atoms with Gasteiger partial charge in [-0.2, -0.15) is 0 Å². The van der Waals surface area contributed by atoms with Crippen molar-refractivity contribution in [2.45, 2.75) is 6.54 Å². The van der Waals surface area contributed by atoms with Gasteiger partial charge in [0.25, 0.3) is 5.91 Å². The average molecular weight is 304 g/mol. The number of hydrogen-bond acceptors (Lipinski definition) is 4. The number of carbonyl (C=O) groups is 1. The van der Waals surface area contributed by atoms with Gasteiger partial charge in [-0.25, -0.2) is 4.98 Å². The number of H-pyrrole nitrogens is 1. The minimum absolute atomic E-state index is 0.150. The van der Waals surface area contributed by atoms with E-state index in [2.05, 4.69) is 15.3 Å². The molecule has 0 aliphatic carbocycles. The summed E-state index contributed by atoms with van der Waals surface area (Å²) in [6.45, 7) is 0.231. The molecule has 5 nitrogen and oxygen atoms in total. The summed E-state index contributed by atoms with van der Waals surface area (Å²) < 4.78 is 0. The molecule has 2 rings (SSSR count). The van der Waals surface area contributed by atoms with Gasteiger partial charge in [-0.3, -0.25) is 9.59 Å². The van der Waals surface area contributed by atoms with Crippen LogP contribution in [0.3, 0.4) is 0 Å². The van der Waals surface area contributed by atoms with Gasteiger partial charge in [0.05, 0.1) is 6.54 Å². The lowest BCUT2D eigenvalue weighted by Gasteiger charge is -2.04. The summed E-state index contributed by atoms with van der Waals surface area (Å²) in [6, 6.07) is 2.83. The zero-order chi connectivity index (χ0) is 13.1. The van der Waals surface area contributed by atoms with Crippen molar-refractivity contribution in [2.75, 3.05) is 0 Å². The van der Waals surface area contributed by atoms with Crippen LogP contribution in [0.4, 0.5) is 0 Å². The summed E-state index contributed by atoms with van der Waals surface area (Å²) in [7, 11) is 0. The number of nitrogens with one attached hydrogen (secondary N) is 2. The number of aromatic amines is 1. The monoisotopic (exact) mass is 303 g/mol. The molecule has 0 radical (unpaired) electrons. The van der Waals surface area contributed by atoms with Gasteiger partial charge in [0.2, 0.25) is 0 Å². The number of amides is 1. The Labute approximate surface area is 116 Å². The highest BCUT2D eigenvalue weighted by Gasteiger charge is 2.08. The quantitative estimate of drug-likeness (QED) is 0.852. The van der Waals surface area contributed by atoms with Gasteiger partial charge < -0.3 is 10.3 Å². The Bertz CT molecular complexity index is 618. The van der Waals surface area contributed by atoms with Crippen molar-refractivity contribution >= 4 is 40.4 Å². The lowest BCUT2D eigenvalue weighted by molar-refractivity contribution is 0.0950. The normalized spacial score (nSPS) is 10.3. The number of halogens is 2. The first-order valence-corrected chi connectivity index (χ1v) is 6.46. The summed E-state index contributed by atoms with van der Waals surface area (Å²) >= 11 is 12.4. The molecule has 0 unspecified atom stereocenters. The molecule has 8 heteroatoms. The molecule has 18 heavy (non-hydrogen) atoms. The minimum atomic E-state index is -0.340. The van der Waals surface area contributed by atoms with Gasteiger partial charge in [-0.15, -0.1) is 0 Å². The van der Waals surface area contributed by atoms with Crippen molar-refractivity contribution in [3.63, 3.8) is 0 Å². The maximum Gasteiger partial charge on any atom is 0.304 e. The van der Waals surface area contributed by atoms with Crippen LogP contribution in [-0.4, -0.2) is 15.9 Å². The molecular weight excluding hydrogens is 297 g/mol. The number of hydrogen-bond donors (Lipinski definition) is 2. The van der Waals surface area contributed by atoms with Gasteiger partial charge >= 0.3 is 4.87 Å². The molecule has 2 heterocycles. The Balaban J connectivity index is 2.05. The third kappa shape index (κ3) is 3.32. The van der Waals surface area contributed by atoms with E-state index in [0.717, 1.165) is 11.3 Å². The summed E-state index contributed by atoms with van der Waals surface area (Å²) in [4.78, 5) is 28.9. The van der Waals surface area contributed by atoms with E-state index in [4.69, 9.17) is 23.2 Å². The molecule has 94 valence electrons. The number of carbonyl (C=O) groups excluding carboxylic acids is 1. The summed E-state index contributed by atoms with van der Waals surface area (Å²) in [6.07, 6.45) is 0. The molecule has 0 saturated carbocycles. The molecule has 2 aromatic heterocycles. The Morgan fingerprint density at radius 3 is 2.61 bits per heavy atom. The van der Waals surface area contributed by atoms with Crippen molar-refractivity contribution in [1.29, 1.82) is 0 Å². The molecule has 1 amide bonds. The number of thiazole rings is 1. The maximum absolute atomic E-state index is 11.8. The molecule has 0 aliphatic heterocycles. The van der Waals surface area contributed by atoms with E-state index in [0.29, 0.717) is 11.3 Å². The fraction of sp³-hybridized carbons (Fsp3) is 0.100. The standard InChI is InChI=1S/C10H7Cl2N3O2S/c11-7-1-5(2-8(12)15-7)9(16)13-3-6-4-18-10(17)14-6/h1-2,4H,3H2,(H,13,16)(H,14,17). The number of pyridine rings is 1. The van der Waals surface area contributed by atoms with Crippen LogP contribution in [-0.2, 0) is 6.54 Å². The molecule has 0 fully saturated rings. The zero-order valence-corrected chi connectivity index (χ0v) is 11.2. The molecule has 0 aromatic carbocycles. The molecule has 0 spiro atoms. The average Bonchev–Trinajstić information content (AvgIpc) is 2.70. The van der Waals surface area contributed by atoms with Crippen molar-refractivity contribution in [2.24, 2.45) is 0 Å². The second kappa shape index (κ2) is 5.51. The molecule has 2 aromatic rings. The van der Waals surface area contributed by atoms with E-state index in [9.17, 15) is 9.59 Å². The number of aromatic nitrogens is 2. The SMILES string of the molecule is O=C(NCc1csc(=O)[nH]1)c1cc(Cl)nc(Cl)c1. The van der Waals surface area contributed by atoms with E-state index >= 15 is 0 Å². The van der Waals surface area contributed by atoms with E-state index in [1.54, 1.807) is 5.38 Å². The topological polar surface area (TPSA) is 74.8 Å². The van der Waals surface area contributed by atoms with Gasteiger partial charge in [-0.05, 0) is 12.1 Å². The molecule has 2 N–H and O–H groups in total. The highest BCUT2D eigenvalue weighted by molar-refractivity contribution is 7.07. The second-order valence-corrected chi connectivity index (χ2v) is 4.97. The number of nitrogens with zero attached hydrogens (tertiary/aromatic N) is 1. The van der Waals surface area contributed by atoms with Crippen molar-refractivity contribution < 1.29 is 4.79 Å². The van der Waals surface area contributed by atoms with Crippen LogP contribution in [0.25, 0.3) is 0 Å². The first kappa shape index (κ1) is 13.1. The van der Waals surface area contributed by atoms with E-state index in [-0.39, 0.29) is 27.6 Å². The molecule has 0 aliphatic rings. The Kier molecular flexibility index (Phi) is 4.00. The number of rotatable bonds is 3. The largest absolute Gasteiger partial charge is 0.346 e. The fourth-order valence-electron chi connectivity index (χ4n) is 1.27. The van der Waals surface area contributed by atoms with Gasteiger partial charge in [0, 0.05) is 16.6 Å². The van der Waals surface area contributed by atoms with Gasteiger partial charge in [-0.1, -0.05) is 34.5 Å². The predicted octanol–water partition coefficient (Wildman–Crippen LogP) is 2.07. The first-order valence-electron chi connectivity index (χ1n) is 4.82. The molecule has 0 atom stereocenters. The fourth-order valence-corrected chi connectivity index (χ4v) is 2.32. The second-order valence-electron chi connectivity index (χ2n) is 3.36. The predicted molar refractivity (Wildman–Crippen MR) is 70.4 cm³/mol. The van der Waals surface area contributed by atoms with Crippen molar-refractivity contribution in [3.05, 3.63) is 48.7 Å². The molecule has 0 saturated heterocycles. The smallest absolute Gasteiger partial charge is 0.304 e. The lowest BCUT2D eigenvalue weighted by atomic mass is 10.2. The Hall–Kier alpha value is -1.37. The van der Waals surface area contributed by atoms with E-state index in [1.807, 2.05) is 0 Å². The van der Waals surface area contributed by atoms with Crippen LogP contribution in [0, 0.1) is 0 Å². The zero-order valence-electron chi connectivity index (χ0n) is 8.87. The van der Waals surface area contributed by atoms with Crippen LogP contribution in [0.2, 0.25) is 10.3 Å². The highest BCUT2D eigenvalue weighted by atomic mass is 35.5. The van der Waals surface area contributed by atoms with Crippen molar-refractivity contribution in [1.82, 2.24) is 15.3 Å². The van der Waals surface area contributed by atoms with Crippen molar-refractivity contribution in [3.8, 4) is 0 Å². The van der Waals surface area contributed by atoms with Crippen LogP contribution in [0.15, 0.2) is 22.3 Å². The van der Waals surface area contributed by atoms with E-state index < -0.39 is 0 Å². The Morgan fingerprint density at radius 2 is 2.06 bits per heavy atom. The molecule has 0 bridgehead atoms. The lowest BCUT2D eigenvalue weighted by Crippen LogP contribution is -2.23. The van der Waals surface area contributed by atoms with Crippen LogP contribution in [0.5, 0.6) is 0 Å². The first-order chi connectivity index (χ1) is 8.54.